The van der Waals surface area contributed by atoms with Gasteiger partial charge in [0.2, 0.25) is 5.88 Å². The molecule has 162 valence electrons. The van der Waals surface area contributed by atoms with Gasteiger partial charge < -0.3 is 20.7 Å². The van der Waals surface area contributed by atoms with Crippen LogP contribution in [0.1, 0.15) is 16.2 Å². The van der Waals surface area contributed by atoms with Crippen molar-refractivity contribution in [1.29, 1.82) is 0 Å². The first-order valence-corrected chi connectivity index (χ1v) is 10.9. The Morgan fingerprint density at radius 1 is 1.06 bits per heavy atom. The number of sulfone groups is 1. The monoisotopic (exact) mass is 443 g/mol. The number of amides is 1. The van der Waals surface area contributed by atoms with Crippen molar-refractivity contribution in [2.75, 3.05) is 31.0 Å². The number of nitrogens with zero attached hydrogens (tertiary/aromatic N) is 4. The molecule has 3 rings (SSSR count). The molecule has 3 aromatic heterocycles. The second kappa shape index (κ2) is 8.92. The largest absolute Gasteiger partial charge is 0.480 e. The van der Waals surface area contributed by atoms with E-state index in [1.807, 2.05) is 0 Å². The van der Waals surface area contributed by atoms with Gasteiger partial charge in [0.1, 0.15) is 23.1 Å². The van der Waals surface area contributed by atoms with Crippen LogP contribution in [0.25, 0.3) is 0 Å². The van der Waals surface area contributed by atoms with E-state index in [9.17, 15) is 13.2 Å². The van der Waals surface area contributed by atoms with Crippen molar-refractivity contribution >= 4 is 38.8 Å². The van der Waals surface area contributed by atoms with Gasteiger partial charge in [-0.25, -0.2) is 28.4 Å². The number of hydrogen-bond donors (Lipinski definition) is 3. The lowest BCUT2D eigenvalue weighted by Gasteiger charge is -2.15. The Labute approximate surface area is 179 Å². The molecule has 0 aliphatic carbocycles. The van der Waals surface area contributed by atoms with Crippen LogP contribution in [-0.2, 0) is 9.84 Å². The van der Waals surface area contributed by atoms with Gasteiger partial charge in [-0.2, -0.15) is 0 Å². The first kappa shape index (κ1) is 21.9. The number of aromatic nitrogens is 4. The highest BCUT2D eigenvalue weighted by molar-refractivity contribution is 7.90. The number of nitrogens with one attached hydrogen (secondary N) is 3. The third kappa shape index (κ3) is 5.22. The Kier molecular flexibility index (Phi) is 6.30. The summed E-state index contributed by atoms with van der Waals surface area (Å²) in [7, 11) is -0.513. The fourth-order valence-electron chi connectivity index (χ4n) is 2.66. The minimum absolute atomic E-state index is 0.108. The zero-order valence-electron chi connectivity index (χ0n) is 17.3. The molecule has 0 fully saturated rings. The van der Waals surface area contributed by atoms with Crippen molar-refractivity contribution in [3.05, 3.63) is 48.0 Å². The molecule has 1 amide bonds. The molecule has 3 aromatic rings. The average Bonchev–Trinajstić information content (AvgIpc) is 2.73. The van der Waals surface area contributed by atoms with Crippen LogP contribution in [0.3, 0.4) is 0 Å². The van der Waals surface area contributed by atoms with E-state index in [-0.39, 0.29) is 28.1 Å². The number of aryl methyl sites for hydroxylation is 1. The molecule has 0 aliphatic heterocycles. The molecule has 0 aliphatic rings. The van der Waals surface area contributed by atoms with Crippen LogP contribution in [0, 0.1) is 6.92 Å². The molecule has 0 aromatic carbocycles. The Hall–Kier alpha value is -3.80. The molecule has 0 saturated carbocycles. The molecule has 3 N–H and O–H groups in total. The van der Waals surface area contributed by atoms with E-state index in [0.29, 0.717) is 23.1 Å². The van der Waals surface area contributed by atoms with Gasteiger partial charge in [0, 0.05) is 37.8 Å². The highest BCUT2D eigenvalue weighted by Crippen LogP contribution is 2.29. The number of rotatable bonds is 7. The number of hydrogen-bond acceptors (Lipinski definition) is 10. The second-order valence-electron chi connectivity index (χ2n) is 6.42. The van der Waals surface area contributed by atoms with Gasteiger partial charge in [0.15, 0.2) is 14.9 Å². The van der Waals surface area contributed by atoms with E-state index in [4.69, 9.17) is 4.74 Å². The van der Waals surface area contributed by atoms with Gasteiger partial charge in [-0.3, -0.25) is 4.79 Å². The van der Waals surface area contributed by atoms with Crippen molar-refractivity contribution in [2.24, 2.45) is 0 Å². The lowest BCUT2D eigenvalue weighted by atomic mass is 10.2. The fourth-order valence-corrected chi connectivity index (χ4v) is 3.29. The van der Waals surface area contributed by atoms with Gasteiger partial charge >= 0.3 is 0 Å². The number of anilines is 4. The number of carbonyl (C=O) groups excluding carboxylic acids is 1. The Balaban J connectivity index is 2.01. The van der Waals surface area contributed by atoms with Gasteiger partial charge in [-0.05, 0) is 19.1 Å². The molecule has 0 saturated heterocycles. The van der Waals surface area contributed by atoms with Crippen LogP contribution >= 0.6 is 0 Å². The van der Waals surface area contributed by atoms with Gasteiger partial charge in [0.05, 0.1) is 18.4 Å². The van der Waals surface area contributed by atoms with Crippen molar-refractivity contribution in [2.45, 2.75) is 11.9 Å². The lowest BCUT2D eigenvalue weighted by Crippen LogP contribution is -2.19. The number of methoxy groups -OCH3 is 1. The van der Waals surface area contributed by atoms with Crippen molar-refractivity contribution < 1.29 is 17.9 Å². The fraction of sp³-hybridized carbons (Fsp3) is 0.211. The van der Waals surface area contributed by atoms with Crippen LogP contribution in [0.4, 0.5) is 23.0 Å². The van der Waals surface area contributed by atoms with Crippen LogP contribution in [-0.4, -0.2) is 54.7 Å². The first-order valence-electron chi connectivity index (χ1n) is 9.02. The Morgan fingerprint density at radius 3 is 2.52 bits per heavy atom. The minimum atomic E-state index is -3.52. The van der Waals surface area contributed by atoms with Gasteiger partial charge in [0.25, 0.3) is 5.91 Å². The molecule has 0 unspecified atom stereocenters. The molecular weight excluding hydrogens is 422 g/mol. The summed E-state index contributed by atoms with van der Waals surface area (Å²) < 4.78 is 29.0. The molecular formula is C19H21N7O4S. The zero-order chi connectivity index (χ0) is 22.6. The molecule has 31 heavy (non-hydrogen) atoms. The summed E-state index contributed by atoms with van der Waals surface area (Å²) in [5.41, 5.74) is 1.26. The van der Waals surface area contributed by atoms with E-state index >= 15 is 0 Å². The number of carbonyl (C=O) groups is 1. The summed E-state index contributed by atoms with van der Waals surface area (Å²) in [6, 6.07) is 6.38. The summed E-state index contributed by atoms with van der Waals surface area (Å²) in [6.45, 7) is 1.59. The van der Waals surface area contributed by atoms with E-state index < -0.39 is 9.84 Å². The molecule has 3 heterocycles. The summed E-state index contributed by atoms with van der Waals surface area (Å²) in [5, 5.41) is 8.53. The standard InChI is InChI=1S/C19H21N7O4S/c1-11-23-16(9-17(24-11)31(4,28)29)26-15-8-14(12(10-22-15)18(27)20-2)25-13-6-5-7-21-19(13)30-3/h5-10H,1-4H3,(H,20,27)(H2,22,23,24,25,26). The Bertz CT molecular complexity index is 1230. The van der Waals surface area contributed by atoms with Crippen LogP contribution in [0.5, 0.6) is 5.88 Å². The average molecular weight is 443 g/mol. The van der Waals surface area contributed by atoms with Gasteiger partial charge in [-0.1, -0.05) is 0 Å². The smallest absolute Gasteiger partial charge is 0.254 e. The SMILES string of the molecule is CNC(=O)c1cnc(Nc2cc(S(C)(=O)=O)nc(C)n2)cc1Nc1cccnc1OC. The quantitative estimate of drug-likeness (QED) is 0.462. The van der Waals surface area contributed by atoms with Crippen molar-refractivity contribution in [3.8, 4) is 5.88 Å². The van der Waals surface area contributed by atoms with E-state index in [0.717, 1.165) is 6.26 Å². The molecule has 12 heteroatoms. The highest BCUT2D eigenvalue weighted by atomic mass is 32.2. The van der Waals surface area contributed by atoms with E-state index in [1.165, 1.54) is 26.4 Å². The van der Waals surface area contributed by atoms with Gasteiger partial charge in [-0.15, -0.1) is 0 Å². The number of pyridine rings is 2. The van der Waals surface area contributed by atoms with Crippen molar-refractivity contribution in [3.63, 3.8) is 0 Å². The third-order valence-electron chi connectivity index (χ3n) is 4.06. The first-order chi connectivity index (χ1) is 14.7. The maximum atomic E-state index is 12.3. The third-order valence-corrected chi connectivity index (χ3v) is 5.03. The van der Waals surface area contributed by atoms with E-state index in [1.54, 1.807) is 31.3 Å². The second-order valence-corrected chi connectivity index (χ2v) is 8.38. The van der Waals surface area contributed by atoms with Crippen molar-refractivity contribution in [1.82, 2.24) is 25.3 Å². The Morgan fingerprint density at radius 2 is 1.84 bits per heavy atom. The van der Waals surface area contributed by atoms with Crippen LogP contribution in [0.2, 0.25) is 0 Å². The van der Waals surface area contributed by atoms with Crippen LogP contribution < -0.4 is 20.7 Å². The molecule has 11 nitrogen and oxygen atoms in total. The summed E-state index contributed by atoms with van der Waals surface area (Å²) in [4.78, 5) is 28.8. The summed E-state index contributed by atoms with van der Waals surface area (Å²) in [5.74, 6) is 0.863. The predicted molar refractivity (Wildman–Crippen MR) is 115 cm³/mol. The molecule has 0 radical (unpaired) electrons. The molecule has 0 atom stereocenters. The topological polar surface area (TPSA) is 148 Å². The summed E-state index contributed by atoms with van der Waals surface area (Å²) in [6.07, 6.45) is 4.04. The lowest BCUT2D eigenvalue weighted by molar-refractivity contribution is 0.0963. The normalized spacial score (nSPS) is 11.0. The van der Waals surface area contributed by atoms with Crippen LogP contribution in [0.15, 0.2) is 41.7 Å². The minimum Gasteiger partial charge on any atom is -0.480 e. The summed E-state index contributed by atoms with van der Waals surface area (Å²) >= 11 is 0. The maximum Gasteiger partial charge on any atom is 0.254 e. The molecule has 0 spiro atoms. The molecule has 0 bridgehead atoms. The predicted octanol–water partition coefficient (Wildman–Crippen LogP) is 1.83. The highest BCUT2D eigenvalue weighted by Gasteiger charge is 2.16. The van der Waals surface area contributed by atoms with E-state index in [2.05, 4.69) is 35.9 Å². The maximum absolute atomic E-state index is 12.3. The zero-order valence-corrected chi connectivity index (χ0v) is 18.1. The number of ether oxygens (including phenoxy) is 1.